The Bertz CT molecular complexity index is 764. The molecule has 0 saturated heterocycles. The summed E-state index contributed by atoms with van der Waals surface area (Å²) in [5.74, 6) is 0. The summed E-state index contributed by atoms with van der Waals surface area (Å²) in [7, 11) is 0. The Morgan fingerprint density at radius 2 is 2.00 bits per heavy atom. The van der Waals surface area contributed by atoms with Crippen molar-refractivity contribution in [3.05, 3.63) is 63.2 Å². The average Bonchev–Trinajstić information content (AvgIpc) is 2.77. The number of halogens is 2. The molecular weight excluding hydrogens is 336 g/mol. The van der Waals surface area contributed by atoms with E-state index in [1.807, 2.05) is 36.4 Å². The molecule has 0 bridgehead atoms. The predicted octanol–water partition coefficient (Wildman–Crippen LogP) is 5.50. The first kappa shape index (κ1) is 13.5. The molecule has 3 aromatic rings. The topological polar surface area (TPSA) is 27.8 Å². The third-order valence-corrected chi connectivity index (χ3v) is 4.66. The number of hydrogen-bond donors (Lipinski definition) is 2. The molecule has 0 radical (unpaired) electrons. The smallest absolute Gasteiger partial charge is 0.0710 e. The monoisotopic (exact) mass is 348 g/mol. The van der Waals surface area contributed by atoms with Gasteiger partial charge in [-0.2, -0.15) is 0 Å². The van der Waals surface area contributed by atoms with Gasteiger partial charge in [0, 0.05) is 21.1 Å². The highest BCUT2D eigenvalue weighted by atomic mass is 79.9. The first-order chi connectivity index (χ1) is 9.65. The molecule has 2 N–H and O–H groups in total. The van der Waals surface area contributed by atoms with Gasteiger partial charge < -0.3 is 10.3 Å². The van der Waals surface area contributed by atoms with Crippen molar-refractivity contribution in [3.63, 3.8) is 0 Å². The summed E-state index contributed by atoms with van der Waals surface area (Å²) in [6, 6.07) is 14.3. The predicted molar refractivity (Wildman–Crippen MR) is 89.5 cm³/mol. The van der Waals surface area contributed by atoms with Crippen LogP contribution < -0.4 is 5.32 Å². The van der Waals surface area contributed by atoms with Crippen LogP contribution in [-0.2, 0) is 6.54 Å². The van der Waals surface area contributed by atoms with Crippen molar-refractivity contribution >= 4 is 44.1 Å². The number of H-pyrrole nitrogens is 1. The number of anilines is 1. The van der Waals surface area contributed by atoms with Crippen LogP contribution in [0.15, 0.2) is 46.9 Å². The molecule has 0 aliphatic carbocycles. The van der Waals surface area contributed by atoms with Crippen LogP contribution >= 0.6 is 27.5 Å². The third-order valence-electron chi connectivity index (χ3n) is 3.34. The molecule has 102 valence electrons. The number of para-hydroxylation sites is 1. The molecule has 0 aliphatic heterocycles. The largest absolute Gasteiger partial charge is 0.379 e. The summed E-state index contributed by atoms with van der Waals surface area (Å²) in [6.07, 6.45) is 0. The number of fused-ring (bicyclic) bond motifs is 1. The van der Waals surface area contributed by atoms with Gasteiger partial charge in [0.15, 0.2) is 0 Å². The number of benzene rings is 2. The van der Waals surface area contributed by atoms with E-state index in [0.29, 0.717) is 6.54 Å². The molecule has 0 atom stereocenters. The van der Waals surface area contributed by atoms with Crippen molar-refractivity contribution < 1.29 is 0 Å². The van der Waals surface area contributed by atoms with E-state index in [1.165, 1.54) is 5.56 Å². The maximum absolute atomic E-state index is 6.40. The Kier molecular flexibility index (Phi) is 3.72. The van der Waals surface area contributed by atoms with Crippen LogP contribution in [0.3, 0.4) is 0 Å². The molecule has 3 rings (SSSR count). The summed E-state index contributed by atoms with van der Waals surface area (Å²) in [4.78, 5) is 3.36. The zero-order valence-corrected chi connectivity index (χ0v) is 13.3. The van der Waals surface area contributed by atoms with Crippen LogP contribution in [-0.4, -0.2) is 4.98 Å². The molecule has 2 nitrogen and oxygen atoms in total. The summed E-state index contributed by atoms with van der Waals surface area (Å²) in [5, 5.41) is 5.26. The highest BCUT2D eigenvalue weighted by Crippen LogP contribution is 2.28. The Balaban J connectivity index is 1.83. The molecule has 1 aromatic heterocycles. The first-order valence-corrected chi connectivity index (χ1v) is 7.57. The molecule has 1 heterocycles. The van der Waals surface area contributed by atoms with Gasteiger partial charge in [0.2, 0.25) is 0 Å². The van der Waals surface area contributed by atoms with Crippen molar-refractivity contribution in [1.29, 1.82) is 0 Å². The second-order valence-electron chi connectivity index (χ2n) is 4.78. The molecule has 0 saturated carbocycles. The standard InChI is InChI=1S/C16H14BrClN2/c1-10-8-11(6-7-13(10)17)19-9-15-16(18)12-4-2-3-5-14(12)20-15/h2-8,19-20H,9H2,1H3. The molecular formula is C16H14BrClN2. The molecule has 0 spiro atoms. The van der Waals surface area contributed by atoms with E-state index in [2.05, 4.69) is 39.2 Å². The van der Waals surface area contributed by atoms with Crippen LogP contribution in [0.4, 0.5) is 5.69 Å². The normalized spacial score (nSPS) is 10.9. The highest BCUT2D eigenvalue weighted by Gasteiger charge is 2.08. The fraction of sp³-hybridized carbons (Fsp3) is 0.125. The van der Waals surface area contributed by atoms with E-state index in [9.17, 15) is 0 Å². The summed E-state index contributed by atoms with van der Waals surface area (Å²) in [6.45, 7) is 2.75. The maximum atomic E-state index is 6.40. The quantitative estimate of drug-likeness (QED) is 0.641. The van der Waals surface area contributed by atoms with Crippen molar-refractivity contribution in [2.45, 2.75) is 13.5 Å². The van der Waals surface area contributed by atoms with Gasteiger partial charge in [-0.15, -0.1) is 0 Å². The number of rotatable bonds is 3. The van der Waals surface area contributed by atoms with Crippen LogP contribution in [0.25, 0.3) is 10.9 Å². The van der Waals surface area contributed by atoms with Gasteiger partial charge in [0.1, 0.15) is 0 Å². The van der Waals surface area contributed by atoms with Gasteiger partial charge >= 0.3 is 0 Å². The summed E-state index contributed by atoms with van der Waals surface area (Å²) < 4.78 is 1.12. The zero-order valence-electron chi connectivity index (χ0n) is 11.0. The van der Waals surface area contributed by atoms with E-state index < -0.39 is 0 Å². The van der Waals surface area contributed by atoms with Crippen LogP contribution in [0.5, 0.6) is 0 Å². The van der Waals surface area contributed by atoms with E-state index in [4.69, 9.17) is 11.6 Å². The van der Waals surface area contributed by atoms with Gasteiger partial charge in [0.05, 0.1) is 17.3 Å². The highest BCUT2D eigenvalue weighted by molar-refractivity contribution is 9.10. The number of aryl methyl sites for hydroxylation is 1. The van der Waals surface area contributed by atoms with E-state index in [-0.39, 0.29) is 0 Å². The molecule has 0 amide bonds. The van der Waals surface area contributed by atoms with E-state index >= 15 is 0 Å². The first-order valence-electron chi connectivity index (χ1n) is 6.40. The number of aromatic amines is 1. The van der Waals surface area contributed by atoms with E-state index in [1.54, 1.807) is 0 Å². The lowest BCUT2D eigenvalue weighted by atomic mass is 10.2. The van der Waals surface area contributed by atoms with Gasteiger partial charge in [-0.25, -0.2) is 0 Å². The van der Waals surface area contributed by atoms with Crippen molar-refractivity contribution in [1.82, 2.24) is 4.98 Å². The summed E-state index contributed by atoms with van der Waals surface area (Å²) >= 11 is 9.91. The molecule has 0 fully saturated rings. The Hall–Kier alpha value is -1.45. The van der Waals surface area contributed by atoms with Crippen LogP contribution in [0, 0.1) is 6.92 Å². The van der Waals surface area contributed by atoms with Crippen molar-refractivity contribution in [2.24, 2.45) is 0 Å². The molecule has 4 heteroatoms. The van der Waals surface area contributed by atoms with Crippen LogP contribution in [0.1, 0.15) is 11.3 Å². The fourth-order valence-electron chi connectivity index (χ4n) is 2.23. The SMILES string of the molecule is Cc1cc(NCc2[nH]c3ccccc3c2Cl)ccc1Br. The Labute approximate surface area is 131 Å². The van der Waals surface area contributed by atoms with Crippen molar-refractivity contribution in [2.75, 3.05) is 5.32 Å². The zero-order chi connectivity index (χ0) is 14.1. The van der Waals surface area contributed by atoms with Gasteiger partial charge in [-0.05, 0) is 36.8 Å². The third kappa shape index (κ3) is 2.56. The van der Waals surface area contributed by atoms with E-state index in [0.717, 1.165) is 31.8 Å². The number of nitrogens with one attached hydrogen (secondary N) is 2. The van der Waals surface area contributed by atoms with Crippen LogP contribution in [0.2, 0.25) is 5.02 Å². The average molecular weight is 350 g/mol. The summed E-state index contributed by atoms with van der Waals surface area (Å²) in [5.41, 5.74) is 4.37. The molecule has 20 heavy (non-hydrogen) atoms. The minimum absolute atomic E-state index is 0.675. The number of hydrogen-bond acceptors (Lipinski definition) is 1. The number of aromatic nitrogens is 1. The lowest BCUT2D eigenvalue weighted by molar-refractivity contribution is 1.08. The van der Waals surface area contributed by atoms with Gasteiger partial charge in [-0.3, -0.25) is 0 Å². The minimum Gasteiger partial charge on any atom is -0.379 e. The van der Waals surface area contributed by atoms with Gasteiger partial charge in [-0.1, -0.05) is 45.7 Å². The Morgan fingerprint density at radius 3 is 2.75 bits per heavy atom. The molecule has 0 aliphatic rings. The minimum atomic E-state index is 0.675. The fourth-order valence-corrected chi connectivity index (χ4v) is 2.76. The lowest BCUT2D eigenvalue weighted by Crippen LogP contribution is -2.00. The van der Waals surface area contributed by atoms with Crippen molar-refractivity contribution in [3.8, 4) is 0 Å². The molecule has 0 unspecified atom stereocenters. The second kappa shape index (κ2) is 5.51. The maximum Gasteiger partial charge on any atom is 0.0710 e. The van der Waals surface area contributed by atoms with Gasteiger partial charge in [0.25, 0.3) is 0 Å². The molecule has 2 aromatic carbocycles. The Morgan fingerprint density at radius 1 is 1.20 bits per heavy atom. The second-order valence-corrected chi connectivity index (χ2v) is 6.01. The lowest BCUT2D eigenvalue weighted by Gasteiger charge is -2.07.